The van der Waals surface area contributed by atoms with Gasteiger partial charge in [0.15, 0.2) is 0 Å². The smallest absolute Gasteiger partial charge is 0.363 e. The van der Waals surface area contributed by atoms with Crippen molar-refractivity contribution in [1.29, 1.82) is 0 Å². The Morgan fingerprint density at radius 2 is 1.39 bits per heavy atom. The van der Waals surface area contributed by atoms with E-state index in [2.05, 4.69) is 6.58 Å². The normalized spacial score (nSPS) is 11.1. The van der Waals surface area contributed by atoms with Crippen molar-refractivity contribution < 1.29 is 23.8 Å². The summed E-state index contributed by atoms with van der Waals surface area (Å²) >= 11 is 0. The molecule has 5 nitrogen and oxygen atoms in total. The third-order valence-corrected chi connectivity index (χ3v) is 3.63. The fourth-order valence-electron chi connectivity index (χ4n) is 2.46. The molecule has 0 bridgehead atoms. The molecular formula is C18H34NO4+. The van der Waals surface area contributed by atoms with Gasteiger partial charge >= 0.3 is 11.9 Å². The number of quaternary nitrogens is 1. The molecule has 0 aromatic carbocycles. The van der Waals surface area contributed by atoms with Gasteiger partial charge in [-0.3, -0.25) is 4.84 Å². The van der Waals surface area contributed by atoms with E-state index in [1.165, 1.54) is 51.5 Å². The maximum Gasteiger partial charge on any atom is 0.363 e. The maximum absolute atomic E-state index is 10.9. The van der Waals surface area contributed by atoms with Crippen LogP contribution in [0.15, 0.2) is 12.7 Å². The van der Waals surface area contributed by atoms with E-state index in [4.69, 9.17) is 9.57 Å². The van der Waals surface area contributed by atoms with E-state index in [9.17, 15) is 9.59 Å². The topological polar surface area (TPSA) is 52.6 Å². The molecule has 0 aliphatic rings. The molecule has 0 saturated carbocycles. The summed E-state index contributed by atoms with van der Waals surface area (Å²) in [6.07, 6.45) is 11.7. The second-order valence-corrected chi connectivity index (χ2v) is 6.43. The van der Waals surface area contributed by atoms with Crippen LogP contribution in [0.1, 0.15) is 64.7 Å². The first kappa shape index (κ1) is 21.6. The Morgan fingerprint density at radius 1 is 0.913 bits per heavy atom. The molecule has 0 radical (unpaired) electrons. The van der Waals surface area contributed by atoms with E-state index in [0.29, 0.717) is 11.3 Å². The van der Waals surface area contributed by atoms with Gasteiger partial charge in [-0.25, -0.2) is 9.59 Å². The summed E-state index contributed by atoms with van der Waals surface area (Å²) in [4.78, 5) is 27.0. The number of rotatable bonds is 14. The van der Waals surface area contributed by atoms with Crippen molar-refractivity contribution in [3.63, 3.8) is 0 Å². The first-order chi connectivity index (χ1) is 10.9. The molecule has 134 valence electrons. The Hall–Kier alpha value is -1.36. The Labute approximate surface area is 141 Å². The van der Waals surface area contributed by atoms with Crippen LogP contribution in [0.25, 0.3) is 0 Å². The minimum absolute atomic E-state index is 0.228. The number of hydrogen-bond acceptors (Lipinski definition) is 4. The zero-order valence-electron chi connectivity index (χ0n) is 15.1. The van der Waals surface area contributed by atoms with Gasteiger partial charge in [0.1, 0.15) is 20.6 Å². The molecule has 0 rings (SSSR count). The second kappa shape index (κ2) is 13.1. The van der Waals surface area contributed by atoms with Crippen LogP contribution >= 0.6 is 0 Å². The van der Waals surface area contributed by atoms with Crippen molar-refractivity contribution in [2.75, 3.05) is 27.2 Å². The number of unbranched alkanes of at least 4 members (excludes halogenated alkanes) is 8. The summed E-state index contributed by atoms with van der Waals surface area (Å²) in [6.45, 7) is 6.17. The molecular weight excluding hydrogens is 294 g/mol. The van der Waals surface area contributed by atoms with Crippen LogP contribution in [0.2, 0.25) is 0 Å². The van der Waals surface area contributed by atoms with E-state index in [1.807, 2.05) is 14.1 Å². The highest BCUT2D eigenvalue weighted by atomic mass is 16.7. The molecule has 0 fully saturated rings. The first-order valence-corrected chi connectivity index (χ1v) is 8.70. The van der Waals surface area contributed by atoms with E-state index in [0.717, 1.165) is 25.8 Å². The molecule has 23 heavy (non-hydrogen) atoms. The van der Waals surface area contributed by atoms with E-state index < -0.39 is 0 Å². The summed E-state index contributed by atoms with van der Waals surface area (Å²) in [5.41, 5.74) is 0. The maximum atomic E-state index is 10.9. The number of esters is 1. The highest BCUT2D eigenvalue weighted by Gasteiger charge is 2.18. The van der Waals surface area contributed by atoms with Crippen LogP contribution in [-0.4, -0.2) is 43.8 Å². The van der Waals surface area contributed by atoms with Gasteiger partial charge in [0.2, 0.25) is 0 Å². The van der Waals surface area contributed by atoms with Crippen LogP contribution in [-0.2, 0) is 19.2 Å². The van der Waals surface area contributed by atoms with Crippen molar-refractivity contribution in [2.24, 2.45) is 0 Å². The summed E-state index contributed by atoms with van der Waals surface area (Å²) < 4.78 is 5.24. The Morgan fingerprint density at radius 3 is 1.87 bits per heavy atom. The fourth-order valence-corrected chi connectivity index (χ4v) is 2.46. The quantitative estimate of drug-likeness (QED) is 0.160. The van der Waals surface area contributed by atoms with Crippen LogP contribution < -0.4 is 0 Å². The van der Waals surface area contributed by atoms with Crippen LogP contribution in [0.3, 0.4) is 0 Å². The van der Waals surface area contributed by atoms with Gasteiger partial charge in [0.05, 0.1) is 6.61 Å². The Kier molecular flexibility index (Phi) is 12.3. The van der Waals surface area contributed by atoms with Crippen molar-refractivity contribution in [1.82, 2.24) is 0 Å². The summed E-state index contributed by atoms with van der Waals surface area (Å²) in [5, 5.41) is 0. The van der Waals surface area contributed by atoms with Crippen LogP contribution in [0, 0.1) is 0 Å². The molecule has 0 aromatic rings. The molecule has 0 spiro atoms. The van der Waals surface area contributed by atoms with Gasteiger partial charge < -0.3 is 4.74 Å². The molecule has 0 aliphatic carbocycles. The average molecular weight is 328 g/mol. The standard InChI is InChI=1S/C18H34NO4/c1-5-18(21)22-16-14-12-10-8-6-7-9-11-13-15-19(3,4)23-17(2)20/h5H,1,6-16H2,2-4H3/q+1. The summed E-state index contributed by atoms with van der Waals surface area (Å²) in [7, 11) is 3.82. The molecule has 0 aliphatic heterocycles. The van der Waals surface area contributed by atoms with Crippen LogP contribution in [0.5, 0.6) is 0 Å². The lowest BCUT2D eigenvalue weighted by molar-refractivity contribution is -1.06. The third kappa shape index (κ3) is 15.3. The number of ether oxygens (including phenoxy) is 1. The lowest BCUT2D eigenvalue weighted by Crippen LogP contribution is -2.41. The molecule has 0 atom stereocenters. The van der Waals surface area contributed by atoms with Gasteiger partial charge in [-0.2, -0.15) is 0 Å². The molecule has 0 heterocycles. The predicted molar refractivity (Wildman–Crippen MR) is 91.5 cm³/mol. The van der Waals surface area contributed by atoms with Crippen LogP contribution in [0.4, 0.5) is 0 Å². The Balaban J connectivity index is 3.29. The molecule has 0 aromatic heterocycles. The zero-order chi connectivity index (χ0) is 17.6. The molecule has 0 unspecified atom stereocenters. The molecule has 5 heteroatoms. The van der Waals surface area contributed by atoms with Crippen molar-refractivity contribution in [3.8, 4) is 0 Å². The van der Waals surface area contributed by atoms with Gasteiger partial charge in [-0.05, 0) is 12.8 Å². The van der Waals surface area contributed by atoms with E-state index >= 15 is 0 Å². The molecule has 0 amide bonds. The SMILES string of the molecule is C=CC(=O)OCCCCCCCCCCC[N+](C)(C)OC(C)=O. The Bertz CT molecular complexity index is 353. The monoisotopic (exact) mass is 328 g/mol. The van der Waals surface area contributed by atoms with Gasteiger partial charge in [0.25, 0.3) is 0 Å². The largest absolute Gasteiger partial charge is 0.463 e. The zero-order valence-corrected chi connectivity index (χ0v) is 15.1. The predicted octanol–water partition coefficient (Wildman–Crippen LogP) is 3.78. The average Bonchev–Trinajstić information content (AvgIpc) is 2.46. The highest BCUT2D eigenvalue weighted by Crippen LogP contribution is 2.11. The number of hydrogen-bond donors (Lipinski definition) is 0. The molecule has 0 N–H and O–H groups in total. The number of carbonyl (C=O) groups is 2. The summed E-state index contributed by atoms with van der Waals surface area (Å²) in [5.74, 6) is -0.560. The number of hydroxylamine groups is 3. The minimum atomic E-state index is -0.333. The fraction of sp³-hybridized carbons (Fsp3) is 0.778. The van der Waals surface area contributed by atoms with Gasteiger partial charge in [-0.15, -0.1) is 4.65 Å². The minimum Gasteiger partial charge on any atom is -0.463 e. The second-order valence-electron chi connectivity index (χ2n) is 6.43. The lowest BCUT2D eigenvalue weighted by Gasteiger charge is -2.25. The highest BCUT2D eigenvalue weighted by molar-refractivity contribution is 5.81. The first-order valence-electron chi connectivity index (χ1n) is 8.70. The van der Waals surface area contributed by atoms with Crippen molar-refractivity contribution in [3.05, 3.63) is 12.7 Å². The summed E-state index contributed by atoms with van der Waals surface area (Å²) in [6, 6.07) is 0. The third-order valence-electron chi connectivity index (χ3n) is 3.63. The van der Waals surface area contributed by atoms with E-state index in [-0.39, 0.29) is 11.9 Å². The van der Waals surface area contributed by atoms with E-state index in [1.54, 1.807) is 0 Å². The van der Waals surface area contributed by atoms with Crippen molar-refractivity contribution in [2.45, 2.75) is 64.7 Å². The van der Waals surface area contributed by atoms with Crippen molar-refractivity contribution >= 4 is 11.9 Å². The number of nitrogens with zero attached hydrogens (tertiary/aromatic N) is 1. The number of carbonyl (C=O) groups excluding carboxylic acids is 2. The lowest BCUT2D eigenvalue weighted by atomic mass is 10.1. The van der Waals surface area contributed by atoms with Gasteiger partial charge in [0, 0.05) is 19.4 Å². The van der Waals surface area contributed by atoms with Gasteiger partial charge in [-0.1, -0.05) is 45.1 Å². The molecule has 0 saturated heterocycles.